The van der Waals surface area contributed by atoms with E-state index in [9.17, 15) is 14.4 Å². The molecule has 0 radical (unpaired) electrons. The Morgan fingerprint density at radius 2 is 1.33 bits per heavy atom. The number of benzene rings is 4. The second kappa shape index (κ2) is 18.4. The van der Waals surface area contributed by atoms with Gasteiger partial charge in [0.1, 0.15) is 6.10 Å². The van der Waals surface area contributed by atoms with E-state index in [4.69, 9.17) is 4.74 Å². The summed E-state index contributed by atoms with van der Waals surface area (Å²) in [5.74, 6) is 0.287. The zero-order valence-electron chi connectivity index (χ0n) is 29.3. The van der Waals surface area contributed by atoms with E-state index in [0.29, 0.717) is 25.2 Å². The molecule has 0 atom stereocenters. The Morgan fingerprint density at radius 3 is 2.06 bits per heavy atom. The third-order valence-electron chi connectivity index (χ3n) is 9.90. The first kappa shape index (κ1) is 36.0. The van der Waals surface area contributed by atoms with Crippen LogP contribution in [-0.2, 0) is 22.6 Å². The predicted octanol–water partition coefficient (Wildman–Crippen LogP) is 6.37. The van der Waals surface area contributed by atoms with Crippen LogP contribution in [0.1, 0.15) is 47.2 Å². The molecule has 0 unspecified atom stereocenters. The van der Waals surface area contributed by atoms with Gasteiger partial charge in [0.25, 0.3) is 0 Å². The van der Waals surface area contributed by atoms with Crippen molar-refractivity contribution in [1.29, 1.82) is 0 Å². The van der Waals surface area contributed by atoms with Crippen LogP contribution in [0.4, 0.5) is 10.5 Å². The summed E-state index contributed by atoms with van der Waals surface area (Å²) >= 11 is 0. The maximum Gasteiger partial charge on any atom is 0.411 e. The molecule has 4 aromatic rings. The number of carbonyl (C=O) groups excluding carboxylic acids is 3. The van der Waals surface area contributed by atoms with Crippen molar-refractivity contribution in [3.8, 4) is 11.1 Å². The number of ketones is 1. The topological polar surface area (TPSA) is 103 Å². The van der Waals surface area contributed by atoms with Crippen molar-refractivity contribution in [3.63, 3.8) is 0 Å². The van der Waals surface area contributed by atoms with Crippen LogP contribution in [0.2, 0.25) is 0 Å². The maximum atomic E-state index is 12.8. The Morgan fingerprint density at radius 1 is 0.686 bits per heavy atom. The highest BCUT2D eigenvalue weighted by Gasteiger charge is 2.25. The van der Waals surface area contributed by atoms with E-state index in [1.165, 1.54) is 5.56 Å². The molecule has 2 amide bonds. The standard InChI is InChI=1S/C42H49N5O4/c48-40(35-17-15-33(16-18-35)31-47-24-19-36(20-25-47)41(49)44-29-32-9-3-1-4-10-32)30-43-23-28-46-26-21-37(22-27-46)51-42(50)45-39-14-8-7-13-38(39)34-11-5-2-6-12-34/h1-18,36-37,43H,19-31H2,(H,44,49)(H,45,50). The molecule has 0 aliphatic carbocycles. The van der Waals surface area contributed by atoms with E-state index in [0.717, 1.165) is 87.3 Å². The minimum absolute atomic E-state index is 0.0614. The van der Waals surface area contributed by atoms with Crippen LogP contribution in [0.15, 0.2) is 109 Å². The van der Waals surface area contributed by atoms with Crippen LogP contribution in [0.3, 0.4) is 0 Å². The Bertz CT molecular complexity index is 1700. The number of para-hydroxylation sites is 1. The third kappa shape index (κ3) is 10.8. The molecule has 0 saturated carbocycles. The van der Waals surface area contributed by atoms with Gasteiger partial charge in [0.15, 0.2) is 5.78 Å². The predicted molar refractivity (Wildman–Crippen MR) is 201 cm³/mol. The Balaban J connectivity index is 0.831. The number of likely N-dealkylation sites (tertiary alicyclic amines) is 2. The number of anilines is 1. The lowest BCUT2D eigenvalue weighted by Gasteiger charge is -2.31. The molecule has 0 bridgehead atoms. The second-order valence-electron chi connectivity index (χ2n) is 13.5. The lowest BCUT2D eigenvalue weighted by atomic mass is 9.95. The van der Waals surface area contributed by atoms with Gasteiger partial charge < -0.3 is 20.3 Å². The van der Waals surface area contributed by atoms with Crippen molar-refractivity contribution in [2.45, 2.75) is 44.9 Å². The second-order valence-corrected chi connectivity index (χ2v) is 13.5. The van der Waals surface area contributed by atoms with Gasteiger partial charge in [-0.3, -0.25) is 19.8 Å². The molecule has 0 aromatic heterocycles. The van der Waals surface area contributed by atoms with E-state index in [-0.39, 0.29) is 23.7 Å². The average Bonchev–Trinajstić information content (AvgIpc) is 3.17. The van der Waals surface area contributed by atoms with Gasteiger partial charge in [0.05, 0.1) is 12.2 Å². The van der Waals surface area contributed by atoms with Gasteiger partial charge >= 0.3 is 6.09 Å². The van der Waals surface area contributed by atoms with Crippen LogP contribution in [-0.4, -0.2) is 79.5 Å². The molecule has 2 heterocycles. The number of nitrogens with zero attached hydrogens (tertiary/aromatic N) is 2. The van der Waals surface area contributed by atoms with E-state index in [1.54, 1.807) is 0 Å². The van der Waals surface area contributed by atoms with Gasteiger partial charge in [0, 0.05) is 56.3 Å². The van der Waals surface area contributed by atoms with Crippen molar-refractivity contribution < 1.29 is 19.1 Å². The molecule has 0 spiro atoms. The molecule has 2 fully saturated rings. The molecule has 2 saturated heterocycles. The van der Waals surface area contributed by atoms with Crippen molar-refractivity contribution in [2.24, 2.45) is 5.92 Å². The van der Waals surface area contributed by atoms with Crippen molar-refractivity contribution in [3.05, 3.63) is 126 Å². The number of carbonyl (C=O) groups is 3. The highest BCUT2D eigenvalue weighted by atomic mass is 16.6. The molecule has 9 nitrogen and oxygen atoms in total. The summed E-state index contributed by atoms with van der Waals surface area (Å²) < 4.78 is 5.77. The van der Waals surface area contributed by atoms with Gasteiger partial charge in [-0.15, -0.1) is 0 Å². The van der Waals surface area contributed by atoms with Crippen molar-refractivity contribution in [2.75, 3.05) is 51.1 Å². The summed E-state index contributed by atoms with van der Waals surface area (Å²) in [4.78, 5) is 43.0. The lowest BCUT2D eigenvalue weighted by molar-refractivity contribution is -0.126. The molecule has 6 rings (SSSR count). The fourth-order valence-electron chi connectivity index (χ4n) is 6.88. The highest BCUT2D eigenvalue weighted by molar-refractivity contribution is 5.97. The first-order chi connectivity index (χ1) is 25.0. The first-order valence-corrected chi connectivity index (χ1v) is 18.2. The molecule has 266 valence electrons. The van der Waals surface area contributed by atoms with Crippen molar-refractivity contribution in [1.82, 2.24) is 20.4 Å². The molecular formula is C42H49N5O4. The Kier molecular flexibility index (Phi) is 13.0. The molecule has 3 N–H and O–H groups in total. The van der Waals surface area contributed by atoms with Crippen LogP contribution in [0.25, 0.3) is 11.1 Å². The zero-order valence-corrected chi connectivity index (χ0v) is 29.3. The number of hydrogen-bond acceptors (Lipinski definition) is 7. The van der Waals surface area contributed by atoms with Crippen LogP contribution >= 0.6 is 0 Å². The number of piperidine rings is 2. The summed E-state index contributed by atoms with van der Waals surface area (Å²) in [6, 6.07) is 35.7. The minimum atomic E-state index is -0.425. The normalized spacial score (nSPS) is 16.0. The van der Waals surface area contributed by atoms with Gasteiger partial charge in [0.2, 0.25) is 5.91 Å². The Hall–Kier alpha value is -4.83. The summed E-state index contributed by atoms with van der Waals surface area (Å²) in [5.41, 5.74) is 5.73. The smallest absolute Gasteiger partial charge is 0.411 e. The van der Waals surface area contributed by atoms with Crippen LogP contribution in [0, 0.1) is 5.92 Å². The largest absolute Gasteiger partial charge is 0.446 e. The van der Waals surface area contributed by atoms with Gasteiger partial charge in [-0.05, 0) is 61.5 Å². The van der Waals surface area contributed by atoms with Crippen LogP contribution in [0.5, 0.6) is 0 Å². The molecular weight excluding hydrogens is 638 g/mol. The third-order valence-corrected chi connectivity index (χ3v) is 9.90. The Labute approximate surface area is 301 Å². The SMILES string of the molecule is O=C(Nc1ccccc1-c1ccccc1)OC1CCN(CCNCC(=O)c2ccc(CN3CCC(C(=O)NCc4ccccc4)CC3)cc2)CC1. The van der Waals surface area contributed by atoms with E-state index < -0.39 is 6.09 Å². The lowest BCUT2D eigenvalue weighted by Crippen LogP contribution is -2.42. The maximum absolute atomic E-state index is 12.8. The number of amides is 2. The molecule has 51 heavy (non-hydrogen) atoms. The fraction of sp³-hybridized carbons (Fsp3) is 0.357. The minimum Gasteiger partial charge on any atom is -0.446 e. The molecule has 9 heteroatoms. The fourth-order valence-corrected chi connectivity index (χ4v) is 6.88. The van der Waals surface area contributed by atoms with Gasteiger partial charge in [-0.2, -0.15) is 0 Å². The van der Waals surface area contributed by atoms with Gasteiger partial charge in [-0.25, -0.2) is 4.79 Å². The molecule has 2 aliphatic rings. The number of nitrogens with one attached hydrogen (secondary N) is 3. The zero-order chi connectivity index (χ0) is 35.3. The molecule has 4 aromatic carbocycles. The molecule has 2 aliphatic heterocycles. The summed E-state index contributed by atoms with van der Waals surface area (Å²) in [5, 5.41) is 9.33. The first-order valence-electron chi connectivity index (χ1n) is 18.2. The number of hydrogen-bond donors (Lipinski definition) is 3. The number of ether oxygens (including phenoxy) is 1. The summed E-state index contributed by atoms with van der Waals surface area (Å²) in [6.45, 7) is 6.70. The summed E-state index contributed by atoms with van der Waals surface area (Å²) in [7, 11) is 0. The van der Waals surface area contributed by atoms with Crippen LogP contribution < -0.4 is 16.0 Å². The van der Waals surface area contributed by atoms with E-state index in [2.05, 4.69) is 25.8 Å². The summed E-state index contributed by atoms with van der Waals surface area (Å²) in [6.07, 6.45) is 2.73. The van der Waals surface area contributed by atoms with E-state index in [1.807, 2.05) is 109 Å². The van der Waals surface area contributed by atoms with E-state index >= 15 is 0 Å². The quantitative estimate of drug-likeness (QED) is 0.105. The highest BCUT2D eigenvalue weighted by Crippen LogP contribution is 2.28. The number of Topliss-reactive ketones (excluding diaryl/α,β-unsaturated/α-hetero) is 1. The van der Waals surface area contributed by atoms with Gasteiger partial charge in [-0.1, -0.05) is 103 Å². The van der Waals surface area contributed by atoms with Crippen molar-refractivity contribution >= 4 is 23.5 Å². The monoisotopic (exact) mass is 687 g/mol. The number of rotatable bonds is 14. The average molecular weight is 688 g/mol.